The number of aliphatic hydroxyl groups excluding tert-OH is 1. The van der Waals surface area contributed by atoms with Crippen LogP contribution < -0.4 is 0 Å². The van der Waals surface area contributed by atoms with Crippen molar-refractivity contribution in [1.82, 2.24) is 15.0 Å². The molecule has 1 aliphatic carbocycles. The van der Waals surface area contributed by atoms with Gasteiger partial charge >= 0.3 is 0 Å². The highest BCUT2D eigenvalue weighted by Crippen LogP contribution is 2.30. The summed E-state index contributed by atoms with van der Waals surface area (Å²) in [6, 6.07) is 0. The second-order valence-electron chi connectivity index (χ2n) is 4.26. The third-order valence-electron chi connectivity index (χ3n) is 2.55. The van der Waals surface area contributed by atoms with E-state index in [1.54, 1.807) is 6.92 Å². The van der Waals surface area contributed by atoms with Gasteiger partial charge in [-0.05, 0) is 38.5 Å². The molecule has 1 aromatic rings. The van der Waals surface area contributed by atoms with Crippen molar-refractivity contribution < 1.29 is 5.11 Å². The SMILES string of the molecule is C[C@@H](O)CCc1cn(CC2CC2)nn1. The van der Waals surface area contributed by atoms with Crippen molar-refractivity contribution >= 4 is 0 Å². The molecule has 14 heavy (non-hydrogen) atoms. The van der Waals surface area contributed by atoms with Crippen molar-refractivity contribution in [2.75, 3.05) is 0 Å². The summed E-state index contributed by atoms with van der Waals surface area (Å²) in [6.45, 7) is 2.82. The quantitative estimate of drug-likeness (QED) is 0.762. The van der Waals surface area contributed by atoms with Crippen molar-refractivity contribution in [2.45, 2.75) is 45.3 Å². The Labute approximate surface area is 83.9 Å². The number of rotatable bonds is 5. The number of hydrogen-bond donors (Lipinski definition) is 1. The Morgan fingerprint density at radius 1 is 1.64 bits per heavy atom. The summed E-state index contributed by atoms with van der Waals surface area (Å²) >= 11 is 0. The predicted molar refractivity (Wildman–Crippen MR) is 52.7 cm³/mol. The first-order valence-electron chi connectivity index (χ1n) is 5.31. The Hall–Kier alpha value is -0.900. The summed E-state index contributed by atoms with van der Waals surface area (Å²) in [4.78, 5) is 0. The molecule has 2 rings (SSSR count). The molecule has 1 N–H and O–H groups in total. The van der Waals surface area contributed by atoms with Gasteiger partial charge in [0.05, 0.1) is 11.8 Å². The zero-order valence-corrected chi connectivity index (χ0v) is 8.56. The fourth-order valence-electron chi connectivity index (χ4n) is 1.46. The molecule has 0 bridgehead atoms. The Morgan fingerprint density at radius 2 is 2.43 bits per heavy atom. The lowest BCUT2D eigenvalue weighted by atomic mass is 10.2. The first kappa shape index (κ1) is 9.65. The average Bonchev–Trinajstić information content (AvgIpc) is 2.81. The maximum Gasteiger partial charge on any atom is 0.0828 e. The molecule has 1 fully saturated rings. The van der Waals surface area contributed by atoms with Crippen LogP contribution in [-0.4, -0.2) is 26.2 Å². The van der Waals surface area contributed by atoms with Crippen molar-refractivity contribution in [1.29, 1.82) is 0 Å². The van der Waals surface area contributed by atoms with Gasteiger partial charge in [0.1, 0.15) is 0 Å². The maximum absolute atomic E-state index is 9.12. The molecule has 4 heteroatoms. The van der Waals surface area contributed by atoms with E-state index in [0.717, 1.165) is 31.0 Å². The van der Waals surface area contributed by atoms with Crippen molar-refractivity contribution in [2.24, 2.45) is 5.92 Å². The van der Waals surface area contributed by atoms with E-state index in [0.29, 0.717) is 0 Å². The molecule has 1 aliphatic rings. The van der Waals surface area contributed by atoms with E-state index in [1.165, 1.54) is 12.8 Å². The van der Waals surface area contributed by atoms with Gasteiger partial charge in [0.25, 0.3) is 0 Å². The molecule has 4 nitrogen and oxygen atoms in total. The first-order valence-corrected chi connectivity index (χ1v) is 5.31. The Balaban J connectivity index is 1.82. The number of aryl methyl sites for hydroxylation is 1. The van der Waals surface area contributed by atoms with Crippen LogP contribution in [0, 0.1) is 5.92 Å². The van der Waals surface area contributed by atoms with Crippen LogP contribution in [0.2, 0.25) is 0 Å². The number of hydrogen-bond acceptors (Lipinski definition) is 3. The third kappa shape index (κ3) is 2.80. The second kappa shape index (κ2) is 4.09. The van der Waals surface area contributed by atoms with E-state index in [2.05, 4.69) is 10.3 Å². The third-order valence-corrected chi connectivity index (χ3v) is 2.55. The monoisotopic (exact) mass is 195 g/mol. The lowest BCUT2D eigenvalue weighted by Gasteiger charge is -1.99. The fourth-order valence-corrected chi connectivity index (χ4v) is 1.46. The average molecular weight is 195 g/mol. The van der Waals surface area contributed by atoms with Gasteiger partial charge in [-0.1, -0.05) is 5.21 Å². The van der Waals surface area contributed by atoms with E-state index >= 15 is 0 Å². The van der Waals surface area contributed by atoms with Crippen molar-refractivity contribution in [3.63, 3.8) is 0 Å². The molecule has 0 unspecified atom stereocenters. The van der Waals surface area contributed by atoms with E-state index in [1.807, 2.05) is 10.9 Å². The fraction of sp³-hybridized carbons (Fsp3) is 0.800. The van der Waals surface area contributed by atoms with E-state index < -0.39 is 0 Å². The maximum atomic E-state index is 9.12. The van der Waals surface area contributed by atoms with Crippen LogP contribution in [0.4, 0.5) is 0 Å². The Kier molecular flexibility index (Phi) is 2.82. The van der Waals surface area contributed by atoms with Gasteiger partial charge in [-0.2, -0.15) is 0 Å². The molecule has 78 valence electrons. The van der Waals surface area contributed by atoms with E-state index in [4.69, 9.17) is 5.11 Å². The minimum atomic E-state index is -0.247. The van der Waals surface area contributed by atoms with Gasteiger partial charge in [-0.3, -0.25) is 4.68 Å². The summed E-state index contributed by atoms with van der Waals surface area (Å²) in [5, 5.41) is 17.3. The molecule has 1 aromatic heterocycles. The zero-order chi connectivity index (χ0) is 9.97. The minimum Gasteiger partial charge on any atom is -0.393 e. The van der Waals surface area contributed by atoms with Gasteiger partial charge in [-0.25, -0.2) is 0 Å². The van der Waals surface area contributed by atoms with Crippen LogP contribution in [0.15, 0.2) is 6.20 Å². The Bertz CT molecular complexity index is 291. The Morgan fingerprint density at radius 3 is 3.07 bits per heavy atom. The van der Waals surface area contributed by atoms with Crippen LogP contribution in [0.1, 0.15) is 31.9 Å². The summed E-state index contributed by atoms with van der Waals surface area (Å²) in [5.41, 5.74) is 0.992. The highest BCUT2D eigenvalue weighted by molar-refractivity contribution is 4.93. The molecule has 1 heterocycles. The number of nitrogens with zero attached hydrogens (tertiary/aromatic N) is 3. The van der Waals surface area contributed by atoms with Gasteiger partial charge < -0.3 is 5.11 Å². The lowest BCUT2D eigenvalue weighted by molar-refractivity contribution is 0.184. The first-order chi connectivity index (χ1) is 6.74. The standard InChI is InChI=1S/C10H17N3O/c1-8(14)2-5-10-7-13(12-11-10)6-9-3-4-9/h7-9,14H,2-6H2,1H3/t8-/m1/s1. The second-order valence-corrected chi connectivity index (χ2v) is 4.26. The molecular formula is C10H17N3O. The molecule has 1 atom stereocenters. The minimum absolute atomic E-state index is 0.247. The van der Waals surface area contributed by atoms with Crippen molar-refractivity contribution in [3.05, 3.63) is 11.9 Å². The van der Waals surface area contributed by atoms with Crippen LogP contribution in [0.3, 0.4) is 0 Å². The molecule has 0 aromatic carbocycles. The van der Waals surface area contributed by atoms with Crippen LogP contribution in [-0.2, 0) is 13.0 Å². The molecule has 0 saturated heterocycles. The number of aromatic nitrogens is 3. The predicted octanol–water partition coefficient (Wildman–Crippen LogP) is 1.00. The molecular weight excluding hydrogens is 178 g/mol. The topological polar surface area (TPSA) is 50.9 Å². The molecule has 0 spiro atoms. The molecule has 0 amide bonds. The molecule has 0 radical (unpaired) electrons. The summed E-state index contributed by atoms with van der Waals surface area (Å²) in [6.07, 6.45) is 6.01. The van der Waals surface area contributed by atoms with Gasteiger partial charge in [0.15, 0.2) is 0 Å². The van der Waals surface area contributed by atoms with Crippen LogP contribution >= 0.6 is 0 Å². The molecule has 0 aliphatic heterocycles. The summed E-state index contributed by atoms with van der Waals surface area (Å²) in [7, 11) is 0. The van der Waals surface area contributed by atoms with Crippen LogP contribution in [0.5, 0.6) is 0 Å². The van der Waals surface area contributed by atoms with Gasteiger partial charge in [0.2, 0.25) is 0 Å². The highest BCUT2D eigenvalue weighted by Gasteiger charge is 2.22. The zero-order valence-electron chi connectivity index (χ0n) is 8.56. The molecule has 1 saturated carbocycles. The van der Waals surface area contributed by atoms with Gasteiger partial charge in [-0.15, -0.1) is 5.10 Å². The smallest absolute Gasteiger partial charge is 0.0828 e. The lowest BCUT2D eigenvalue weighted by Crippen LogP contribution is -2.01. The van der Waals surface area contributed by atoms with E-state index in [9.17, 15) is 0 Å². The van der Waals surface area contributed by atoms with Crippen molar-refractivity contribution in [3.8, 4) is 0 Å². The normalized spacial score (nSPS) is 18.4. The summed E-state index contributed by atoms with van der Waals surface area (Å²) < 4.78 is 1.93. The largest absolute Gasteiger partial charge is 0.393 e. The number of aliphatic hydroxyl groups is 1. The highest BCUT2D eigenvalue weighted by atomic mass is 16.3. The van der Waals surface area contributed by atoms with Crippen LogP contribution in [0.25, 0.3) is 0 Å². The summed E-state index contributed by atoms with van der Waals surface area (Å²) in [5.74, 6) is 0.835. The van der Waals surface area contributed by atoms with Gasteiger partial charge in [0, 0.05) is 12.7 Å². The van der Waals surface area contributed by atoms with E-state index in [-0.39, 0.29) is 6.10 Å².